The van der Waals surface area contributed by atoms with E-state index in [1.165, 1.54) is 18.2 Å². The zero-order valence-electron chi connectivity index (χ0n) is 15.0. The molecule has 2 aromatic carbocycles. The first kappa shape index (κ1) is 19.3. The maximum absolute atomic E-state index is 13.4. The lowest BCUT2D eigenvalue weighted by atomic mass is 10.2. The maximum Gasteiger partial charge on any atom is 0.258 e. The van der Waals surface area contributed by atoms with Crippen molar-refractivity contribution in [1.29, 1.82) is 0 Å². The van der Waals surface area contributed by atoms with Gasteiger partial charge in [-0.25, -0.2) is 9.38 Å². The molecule has 1 aliphatic heterocycles. The maximum atomic E-state index is 13.4. The summed E-state index contributed by atoms with van der Waals surface area (Å²) in [6, 6.07) is 10.9. The van der Waals surface area contributed by atoms with Crippen LogP contribution in [0.15, 0.2) is 47.5 Å². The smallest absolute Gasteiger partial charge is 0.258 e. The van der Waals surface area contributed by atoms with Gasteiger partial charge in [0.1, 0.15) is 5.82 Å². The summed E-state index contributed by atoms with van der Waals surface area (Å²) in [7, 11) is 0. The molecule has 27 heavy (non-hydrogen) atoms. The number of benzene rings is 2. The summed E-state index contributed by atoms with van der Waals surface area (Å²) in [5.41, 5.74) is 1.90. The number of carbonyl (C=O) groups excluding carboxylic acids is 1. The third kappa shape index (κ3) is 5.52. The predicted molar refractivity (Wildman–Crippen MR) is 105 cm³/mol. The van der Waals surface area contributed by atoms with E-state index in [0.29, 0.717) is 11.6 Å². The van der Waals surface area contributed by atoms with E-state index in [1.807, 2.05) is 19.1 Å². The summed E-state index contributed by atoms with van der Waals surface area (Å²) in [5, 5.41) is 6.47. The number of nitrogens with zero attached hydrogens (tertiary/aromatic N) is 1. The largest absolute Gasteiger partial charge is 0.376 e. The van der Waals surface area contributed by atoms with Crippen LogP contribution in [0.4, 0.5) is 10.1 Å². The van der Waals surface area contributed by atoms with Crippen LogP contribution in [0.5, 0.6) is 0 Å². The van der Waals surface area contributed by atoms with E-state index < -0.39 is 11.7 Å². The van der Waals surface area contributed by atoms with Gasteiger partial charge in [-0.1, -0.05) is 17.7 Å². The summed E-state index contributed by atoms with van der Waals surface area (Å²) < 4.78 is 19.0. The van der Waals surface area contributed by atoms with Crippen molar-refractivity contribution in [2.24, 2.45) is 4.99 Å². The van der Waals surface area contributed by atoms with Crippen LogP contribution in [0.3, 0.4) is 0 Å². The molecule has 0 spiro atoms. The van der Waals surface area contributed by atoms with Crippen molar-refractivity contribution in [2.45, 2.75) is 25.9 Å². The molecule has 1 atom stereocenters. The molecule has 2 N–H and O–H groups in total. The van der Waals surface area contributed by atoms with Gasteiger partial charge in [0.25, 0.3) is 5.91 Å². The van der Waals surface area contributed by atoms with Crippen LogP contribution in [-0.2, 0) is 4.74 Å². The average molecular weight is 390 g/mol. The highest BCUT2D eigenvalue weighted by molar-refractivity contribution is 6.30. The van der Waals surface area contributed by atoms with E-state index in [1.54, 1.807) is 12.1 Å². The molecule has 1 aliphatic rings. The minimum Gasteiger partial charge on any atom is -0.376 e. The van der Waals surface area contributed by atoms with Gasteiger partial charge < -0.3 is 10.1 Å². The molecule has 0 unspecified atom stereocenters. The Hall–Kier alpha value is -2.44. The molecule has 1 heterocycles. The number of aryl methyl sites for hydroxylation is 1. The lowest BCUT2D eigenvalue weighted by molar-refractivity contribution is 0.0975. The van der Waals surface area contributed by atoms with Crippen molar-refractivity contribution in [3.8, 4) is 0 Å². The van der Waals surface area contributed by atoms with E-state index in [9.17, 15) is 9.18 Å². The minimum absolute atomic E-state index is 0.0409. The number of aliphatic imine (C=N–C) groups is 1. The molecule has 7 heteroatoms. The SMILES string of the molecule is Cc1cc(Cl)ccc1NC(=NC[C@H]1CCCO1)NC(=O)c1cccc(F)c1. The van der Waals surface area contributed by atoms with Crippen LogP contribution < -0.4 is 10.6 Å². The van der Waals surface area contributed by atoms with Crippen LogP contribution in [0, 0.1) is 12.7 Å². The van der Waals surface area contributed by atoms with Gasteiger partial charge in [-0.2, -0.15) is 0 Å². The molecule has 1 fully saturated rings. The van der Waals surface area contributed by atoms with E-state index in [2.05, 4.69) is 15.6 Å². The quantitative estimate of drug-likeness (QED) is 0.609. The molecule has 1 saturated heterocycles. The molecule has 0 bridgehead atoms. The summed E-state index contributed by atoms with van der Waals surface area (Å²) >= 11 is 6.00. The number of ether oxygens (including phenoxy) is 1. The van der Waals surface area contributed by atoms with E-state index in [4.69, 9.17) is 16.3 Å². The molecule has 1 amide bonds. The normalized spacial score (nSPS) is 17.0. The first-order valence-electron chi connectivity index (χ1n) is 8.77. The standard InChI is InChI=1S/C20H21ClFN3O2/c1-13-10-15(21)7-8-18(13)24-20(23-12-17-6-3-9-27-17)25-19(26)14-4-2-5-16(22)11-14/h2,4-5,7-8,10-11,17H,3,6,9,12H2,1H3,(H2,23,24,25,26)/t17-/m1/s1. The second-order valence-electron chi connectivity index (χ2n) is 6.37. The molecular formula is C20H21ClFN3O2. The highest BCUT2D eigenvalue weighted by Crippen LogP contribution is 2.19. The Labute approximate surface area is 162 Å². The van der Waals surface area contributed by atoms with Crippen molar-refractivity contribution < 1.29 is 13.9 Å². The van der Waals surface area contributed by atoms with Gasteiger partial charge in [-0.3, -0.25) is 10.1 Å². The lowest BCUT2D eigenvalue weighted by Gasteiger charge is -2.15. The van der Waals surface area contributed by atoms with E-state index in [0.717, 1.165) is 30.7 Å². The first-order chi connectivity index (χ1) is 13.0. The summed E-state index contributed by atoms with van der Waals surface area (Å²) in [6.45, 7) is 3.06. The van der Waals surface area contributed by atoms with Crippen LogP contribution in [-0.4, -0.2) is 31.1 Å². The van der Waals surface area contributed by atoms with Gasteiger partial charge >= 0.3 is 0 Å². The van der Waals surface area contributed by atoms with Gasteiger partial charge in [0, 0.05) is 22.9 Å². The van der Waals surface area contributed by atoms with Crippen LogP contribution in [0.1, 0.15) is 28.8 Å². The number of nitrogens with one attached hydrogen (secondary N) is 2. The second-order valence-corrected chi connectivity index (χ2v) is 6.81. The molecule has 142 valence electrons. The monoisotopic (exact) mass is 389 g/mol. The molecular weight excluding hydrogens is 369 g/mol. The van der Waals surface area contributed by atoms with Crippen molar-refractivity contribution in [3.05, 3.63) is 64.4 Å². The van der Waals surface area contributed by atoms with Gasteiger partial charge in [0.15, 0.2) is 0 Å². The number of hydrogen-bond acceptors (Lipinski definition) is 3. The number of anilines is 1. The fraction of sp³-hybridized carbons (Fsp3) is 0.300. The lowest BCUT2D eigenvalue weighted by Crippen LogP contribution is -2.37. The third-order valence-corrected chi connectivity index (χ3v) is 4.47. The van der Waals surface area contributed by atoms with Crippen LogP contribution in [0.25, 0.3) is 0 Å². The summed E-state index contributed by atoms with van der Waals surface area (Å²) in [6.07, 6.45) is 1.99. The van der Waals surface area contributed by atoms with Gasteiger partial charge in [0.05, 0.1) is 12.6 Å². The highest BCUT2D eigenvalue weighted by Gasteiger charge is 2.16. The Morgan fingerprint density at radius 3 is 2.89 bits per heavy atom. The zero-order chi connectivity index (χ0) is 19.2. The number of amides is 1. The zero-order valence-corrected chi connectivity index (χ0v) is 15.7. The third-order valence-electron chi connectivity index (χ3n) is 4.24. The Bertz CT molecular complexity index is 851. The number of carbonyl (C=O) groups is 1. The van der Waals surface area contributed by atoms with Crippen LogP contribution >= 0.6 is 11.6 Å². The van der Waals surface area contributed by atoms with E-state index in [-0.39, 0.29) is 17.6 Å². The number of guanidine groups is 1. The Morgan fingerprint density at radius 1 is 1.33 bits per heavy atom. The Kier molecular flexibility index (Phi) is 6.42. The molecule has 0 aromatic heterocycles. The van der Waals surface area contributed by atoms with Crippen molar-refractivity contribution in [1.82, 2.24) is 5.32 Å². The van der Waals surface area contributed by atoms with Crippen molar-refractivity contribution in [2.75, 3.05) is 18.5 Å². The predicted octanol–water partition coefficient (Wildman–Crippen LogP) is 4.16. The van der Waals surface area contributed by atoms with Crippen molar-refractivity contribution >= 4 is 29.2 Å². The first-order valence-corrected chi connectivity index (χ1v) is 9.15. The van der Waals surface area contributed by atoms with Gasteiger partial charge in [0.2, 0.25) is 5.96 Å². The number of halogens is 2. The molecule has 2 aromatic rings. The summed E-state index contributed by atoms with van der Waals surface area (Å²) in [5.74, 6) is -0.633. The molecule has 0 aliphatic carbocycles. The Balaban J connectivity index is 1.78. The number of rotatable bonds is 4. The fourth-order valence-corrected chi connectivity index (χ4v) is 3.02. The molecule has 3 rings (SSSR count). The van der Waals surface area contributed by atoms with Crippen molar-refractivity contribution in [3.63, 3.8) is 0 Å². The average Bonchev–Trinajstić information content (AvgIpc) is 3.15. The minimum atomic E-state index is -0.470. The van der Waals surface area contributed by atoms with Gasteiger partial charge in [-0.05, 0) is 61.7 Å². The summed E-state index contributed by atoms with van der Waals surface area (Å²) in [4.78, 5) is 17.0. The second kappa shape index (κ2) is 8.97. The molecule has 5 nitrogen and oxygen atoms in total. The highest BCUT2D eigenvalue weighted by atomic mass is 35.5. The molecule has 0 radical (unpaired) electrons. The Morgan fingerprint density at radius 2 is 2.19 bits per heavy atom. The van der Waals surface area contributed by atoms with Crippen LogP contribution in [0.2, 0.25) is 5.02 Å². The van der Waals surface area contributed by atoms with Gasteiger partial charge in [-0.15, -0.1) is 0 Å². The topological polar surface area (TPSA) is 62.7 Å². The fourth-order valence-electron chi connectivity index (χ4n) is 2.80. The van der Waals surface area contributed by atoms with E-state index >= 15 is 0 Å². The number of hydrogen-bond donors (Lipinski definition) is 2. The molecule has 0 saturated carbocycles.